The predicted octanol–water partition coefficient (Wildman–Crippen LogP) is 4.36. The van der Waals surface area contributed by atoms with Gasteiger partial charge < -0.3 is 5.32 Å². The quantitative estimate of drug-likeness (QED) is 0.752. The van der Waals surface area contributed by atoms with Crippen LogP contribution in [0.2, 0.25) is 0 Å². The highest BCUT2D eigenvalue weighted by molar-refractivity contribution is 5.96. The molecule has 1 atom stereocenters. The summed E-state index contributed by atoms with van der Waals surface area (Å²) < 4.78 is 1.92. The molecule has 4 nitrogen and oxygen atoms in total. The number of aryl methyl sites for hydroxylation is 2. The number of benzene rings is 2. The summed E-state index contributed by atoms with van der Waals surface area (Å²) in [5, 5.41) is 7.88. The van der Waals surface area contributed by atoms with Crippen molar-refractivity contribution in [1.29, 1.82) is 0 Å². The molecule has 138 valence electrons. The van der Waals surface area contributed by atoms with Crippen molar-refractivity contribution in [3.63, 3.8) is 0 Å². The molecule has 4 rings (SSSR count). The minimum absolute atomic E-state index is 0.0222. The van der Waals surface area contributed by atoms with E-state index < -0.39 is 0 Å². The number of hydrogen-bond acceptors (Lipinski definition) is 2. The number of nitrogens with zero attached hydrogens (tertiary/aromatic N) is 2. The summed E-state index contributed by atoms with van der Waals surface area (Å²) in [6.45, 7) is 4.57. The van der Waals surface area contributed by atoms with Crippen LogP contribution >= 0.6 is 0 Å². The Kier molecular flexibility index (Phi) is 4.80. The topological polar surface area (TPSA) is 46.9 Å². The lowest BCUT2D eigenvalue weighted by molar-refractivity contribution is 0.0931. The van der Waals surface area contributed by atoms with Gasteiger partial charge in [-0.2, -0.15) is 5.10 Å². The Morgan fingerprint density at radius 2 is 1.85 bits per heavy atom. The van der Waals surface area contributed by atoms with Crippen molar-refractivity contribution in [2.75, 3.05) is 0 Å². The fraction of sp³-hybridized carbons (Fsp3) is 0.304. The Bertz CT molecular complexity index is 959. The first-order chi connectivity index (χ1) is 13.1. The van der Waals surface area contributed by atoms with Crippen LogP contribution in [0.5, 0.6) is 0 Å². The molecule has 3 aromatic rings. The number of hydrogen-bond donors (Lipinski definition) is 1. The first kappa shape index (κ1) is 17.5. The summed E-state index contributed by atoms with van der Waals surface area (Å²) in [5.74, 6) is -0.0222. The molecule has 1 aliphatic rings. The predicted molar refractivity (Wildman–Crippen MR) is 107 cm³/mol. The smallest absolute Gasteiger partial charge is 0.255 e. The normalized spacial score (nSPS) is 16.0. The van der Waals surface area contributed by atoms with Gasteiger partial charge >= 0.3 is 0 Å². The molecule has 1 aromatic heterocycles. The van der Waals surface area contributed by atoms with Crippen LogP contribution in [0.25, 0.3) is 0 Å². The van der Waals surface area contributed by atoms with Crippen LogP contribution in [0.15, 0.2) is 54.6 Å². The highest BCUT2D eigenvalue weighted by atomic mass is 16.1. The second kappa shape index (κ2) is 7.39. The summed E-state index contributed by atoms with van der Waals surface area (Å²) in [5.41, 5.74) is 6.18. The minimum Gasteiger partial charge on any atom is -0.345 e. The standard InChI is InChI=1S/C23H25N3O/c1-16-22(17(2)26(25-16)15-18-9-4-3-5-10-18)23(27)24-21-14-8-12-19-11-6-7-13-20(19)21/h3-7,9-11,13,21H,8,12,14-15H2,1-2H3,(H,24,27). The highest BCUT2D eigenvalue weighted by Crippen LogP contribution is 2.30. The number of carbonyl (C=O) groups excluding carboxylic acids is 1. The summed E-state index contributed by atoms with van der Waals surface area (Å²) >= 11 is 0. The first-order valence-electron chi connectivity index (χ1n) is 9.60. The Labute approximate surface area is 160 Å². The SMILES string of the molecule is Cc1nn(Cc2ccccc2)c(C)c1C(=O)NC1CCCc2ccccc21. The van der Waals surface area contributed by atoms with Gasteiger partial charge in [0.1, 0.15) is 0 Å². The van der Waals surface area contributed by atoms with Crippen LogP contribution in [0.1, 0.15) is 57.3 Å². The van der Waals surface area contributed by atoms with Gasteiger partial charge in [-0.3, -0.25) is 9.48 Å². The zero-order valence-electron chi connectivity index (χ0n) is 15.9. The van der Waals surface area contributed by atoms with E-state index in [4.69, 9.17) is 0 Å². The van der Waals surface area contributed by atoms with E-state index in [-0.39, 0.29) is 11.9 Å². The Hall–Kier alpha value is -2.88. The van der Waals surface area contributed by atoms with Gasteiger partial charge in [0.25, 0.3) is 5.91 Å². The number of carbonyl (C=O) groups is 1. The zero-order chi connectivity index (χ0) is 18.8. The molecule has 0 radical (unpaired) electrons. The third-order valence-electron chi connectivity index (χ3n) is 5.46. The van der Waals surface area contributed by atoms with E-state index in [0.29, 0.717) is 12.1 Å². The fourth-order valence-corrected chi connectivity index (χ4v) is 4.07. The molecule has 0 spiro atoms. The van der Waals surface area contributed by atoms with Gasteiger partial charge in [0, 0.05) is 5.69 Å². The van der Waals surface area contributed by atoms with Gasteiger partial charge in [0.2, 0.25) is 0 Å². The van der Waals surface area contributed by atoms with Crippen molar-refractivity contribution in [2.45, 2.75) is 45.7 Å². The highest BCUT2D eigenvalue weighted by Gasteiger charge is 2.25. The van der Waals surface area contributed by atoms with Crippen LogP contribution in [0, 0.1) is 13.8 Å². The van der Waals surface area contributed by atoms with E-state index in [1.54, 1.807) is 0 Å². The monoisotopic (exact) mass is 359 g/mol. The van der Waals surface area contributed by atoms with Crippen molar-refractivity contribution >= 4 is 5.91 Å². The lowest BCUT2D eigenvalue weighted by Gasteiger charge is -2.26. The molecule has 1 unspecified atom stereocenters. The maximum absolute atomic E-state index is 13.1. The van der Waals surface area contributed by atoms with E-state index in [9.17, 15) is 4.79 Å². The molecule has 1 heterocycles. The first-order valence-corrected chi connectivity index (χ1v) is 9.60. The zero-order valence-corrected chi connectivity index (χ0v) is 15.9. The molecule has 0 saturated carbocycles. The lowest BCUT2D eigenvalue weighted by Crippen LogP contribution is -2.31. The molecule has 0 fully saturated rings. The van der Waals surface area contributed by atoms with Gasteiger partial charge in [-0.05, 0) is 49.8 Å². The fourth-order valence-electron chi connectivity index (χ4n) is 4.07. The molecule has 1 N–H and O–H groups in total. The van der Waals surface area contributed by atoms with E-state index in [1.807, 2.05) is 36.7 Å². The molecular weight excluding hydrogens is 334 g/mol. The van der Waals surface area contributed by atoms with Crippen LogP contribution < -0.4 is 5.32 Å². The van der Waals surface area contributed by atoms with Gasteiger partial charge in [0.15, 0.2) is 0 Å². The van der Waals surface area contributed by atoms with E-state index in [1.165, 1.54) is 16.7 Å². The van der Waals surface area contributed by atoms with Crippen molar-refractivity contribution < 1.29 is 4.79 Å². The van der Waals surface area contributed by atoms with Gasteiger partial charge in [-0.25, -0.2) is 0 Å². The Morgan fingerprint density at radius 1 is 1.11 bits per heavy atom. The third kappa shape index (κ3) is 3.52. The maximum atomic E-state index is 13.1. The van der Waals surface area contributed by atoms with Gasteiger partial charge in [-0.1, -0.05) is 54.6 Å². The number of aromatic nitrogens is 2. The van der Waals surface area contributed by atoms with Crippen LogP contribution in [0.3, 0.4) is 0 Å². The average Bonchev–Trinajstić information content (AvgIpc) is 2.96. The number of fused-ring (bicyclic) bond motifs is 1. The Balaban J connectivity index is 1.56. The van der Waals surface area contributed by atoms with Crippen molar-refractivity contribution in [3.8, 4) is 0 Å². The van der Waals surface area contributed by atoms with Crippen LogP contribution in [-0.2, 0) is 13.0 Å². The molecule has 1 aliphatic carbocycles. The average molecular weight is 359 g/mol. The van der Waals surface area contributed by atoms with Gasteiger partial charge in [-0.15, -0.1) is 0 Å². The molecule has 1 amide bonds. The number of rotatable bonds is 4. The largest absolute Gasteiger partial charge is 0.345 e. The van der Waals surface area contributed by atoms with Crippen molar-refractivity contribution in [2.24, 2.45) is 0 Å². The molecule has 4 heteroatoms. The van der Waals surface area contributed by atoms with Crippen molar-refractivity contribution in [3.05, 3.63) is 88.2 Å². The Morgan fingerprint density at radius 3 is 2.67 bits per heavy atom. The lowest BCUT2D eigenvalue weighted by atomic mass is 9.87. The minimum atomic E-state index is -0.0222. The van der Waals surface area contributed by atoms with Gasteiger partial charge in [0.05, 0.1) is 23.8 Å². The molecular formula is C23H25N3O. The molecule has 0 aliphatic heterocycles. The van der Waals surface area contributed by atoms with E-state index in [0.717, 1.165) is 30.7 Å². The number of nitrogens with one attached hydrogen (secondary N) is 1. The summed E-state index contributed by atoms with van der Waals surface area (Å²) in [6.07, 6.45) is 3.18. The number of amides is 1. The summed E-state index contributed by atoms with van der Waals surface area (Å²) in [6, 6.07) is 18.7. The van der Waals surface area contributed by atoms with E-state index in [2.05, 4.69) is 46.8 Å². The van der Waals surface area contributed by atoms with Crippen LogP contribution in [0.4, 0.5) is 0 Å². The molecule has 2 aromatic carbocycles. The molecule has 27 heavy (non-hydrogen) atoms. The third-order valence-corrected chi connectivity index (χ3v) is 5.46. The second-order valence-corrected chi connectivity index (χ2v) is 7.31. The second-order valence-electron chi connectivity index (χ2n) is 7.31. The van der Waals surface area contributed by atoms with E-state index >= 15 is 0 Å². The maximum Gasteiger partial charge on any atom is 0.255 e. The molecule has 0 bridgehead atoms. The molecule has 0 saturated heterocycles. The van der Waals surface area contributed by atoms with Crippen molar-refractivity contribution in [1.82, 2.24) is 15.1 Å². The summed E-state index contributed by atoms with van der Waals surface area (Å²) in [7, 11) is 0. The summed E-state index contributed by atoms with van der Waals surface area (Å²) in [4.78, 5) is 13.1. The van der Waals surface area contributed by atoms with Crippen LogP contribution in [-0.4, -0.2) is 15.7 Å².